The van der Waals surface area contributed by atoms with Gasteiger partial charge in [0.05, 0.1) is 13.2 Å². The van der Waals surface area contributed by atoms with Gasteiger partial charge in [-0.2, -0.15) is 0 Å². The number of ether oxygens (including phenoxy) is 2. The van der Waals surface area contributed by atoms with E-state index in [1.54, 1.807) is 7.11 Å². The SMILES string of the molecule is CCOCc1ccc(COC)cc1. The largest absolute Gasteiger partial charge is 0.380 e. The van der Waals surface area contributed by atoms with Crippen molar-refractivity contribution in [2.75, 3.05) is 13.7 Å². The lowest BCUT2D eigenvalue weighted by Gasteiger charge is -2.03. The van der Waals surface area contributed by atoms with Crippen LogP contribution in [0.3, 0.4) is 0 Å². The van der Waals surface area contributed by atoms with E-state index in [1.807, 2.05) is 6.92 Å². The second kappa shape index (κ2) is 5.73. The Kier molecular flexibility index (Phi) is 4.50. The summed E-state index contributed by atoms with van der Waals surface area (Å²) in [6, 6.07) is 8.28. The molecule has 2 heteroatoms. The van der Waals surface area contributed by atoms with Crippen molar-refractivity contribution in [1.82, 2.24) is 0 Å². The molecule has 13 heavy (non-hydrogen) atoms. The fraction of sp³-hybridized carbons (Fsp3) is 0.455. The molecule has 0 atom stereocenters. The normalized spacial score (nSPS) is 10.3. The third-order valence-electron chi connectivity index (χ3n) is 1.81. The molecule has 0 spiro atoms. The molecular weight excluding hydrogens is 164 g/mol. The summed E-state index contributed by atoms with van der Waals surface area (Å²) in [6.45, 7) is 4.14. The Hall–Kier alpha value is -0.860. The summed E-state index contributed by atoms with van der Waals surface area (Å²) in [5, 5.41) is 0. The molecule has 0 saturated heterocycles. The van der Waals surface area contributed by atoms with Gasteiger partial charge in [-0.15, -0.1) is 0 Å². The van der Waals surface area contributed by atoms with E-state index in [-0.39, 0.29) is 0 Å². The molecule has 72 valence electrons. The second-order valence-corrected chi connectivity index (χ2v) is 2.89. The molecule has 0 aliphatic heterocycles. The van der Waals surface area contributed by atoms with Gasteiger partial charge in [0.15, 0.2) is 0 Å². The summed E-state index contributed by atoms with van der Waals surface area (Å²) >= 11 is 0. The number of hydrogen-bond donors (Lipinski definition) is 0. The molecule has 1 aromatic carbocycles. The van der Waals surface area contributed by atoms with E-state index < -0.39 is 0 Å². The Morgan fingerprint density at radius 1 is 1.00 bits per heavy atom. The molecule has 0 amide bonds. The van der Waals surface area contributed by atoms with Crippen molar-refractivity contribution in [2.45, 2.75) is 20.1 Å². The lowest BCUT2D eigenvalue weighted by Crippen LogP contribution is -1.93. The van der Waals surface area contributed by atoms with Crippen molar-refractivity contribution < 1.29 is 9.47 Å². The quantitative estimate of drug-likeness (QED) is 0.692. The molecule has 0 aromatic heterocycles. The fourth-order valence-electron chi connectivity index (χ4n) is 1.12. The van der Waals surface area contributed by atoms with Gasteiger partial charge in [-0.05, 0) is 18.1 Å². The second-order valence-electron chi connectivity index (χ2n) is 2.89. The van der Waals surface area contributed by atoms with E-state index >= 15 is 0 Å². The van der Waals surface area contributed by atoms with Crippen molar-refractivity contribution in [3.8, 4) is 0 Å². The molecule has 0 fully saturated rings. The van der Waals surface area contributed by atoms with Gasteiger partial charge in [0.25, 0.3) is 0 Å². The van der Waals surface area contributed by atoms with Gasteiger partial charge in [-0.25, -0.2) is 0 Å². The summed E-state index contributed by atoms with van der Waals surface area (Å²) in [5.41, 5.74) is 2.41. The van der Waals surface area contributed by atoms with Gasteiger partial charge < -0.3 is 9.47 Å². The van der Waals surface area contributed by atoms with Crippen LogP contribution in [0.25, 0.3) is 0 Å². The highest BCUT2D eigenvalue weighted by Crippen LogP contribution is 2.06. The van der Waals surface area contributed by atoms with Crippen LogP contribution in [0.15, 0.2) is 24.3 Å². The number of methoxy groups -OCH3 is 1. The Labute approximate surface area is 79.5 Å². The molecule has 0 saturated carbocycles. The van der Waals surface area contributed by atoms with Crippen molar-refractivity contribution in [1.29, 1.82) is 0 Å². The maximum absolute atomic E-state index is 5.29. The molecule has 0 N–H and O–H groups in total. The van der Waals surface area contributed by atoms with Crippen LogP contribution in [0.5, 0.6) is 0 Å². The summed E-state index contributed by atoms with van der Waals surface area (Å²) < 4.78 is 10.3. The summed E-state index contributed by atoms with van der Waals surface area (Å²) in [7, 11) is 1.70. The molecule has 0 unspecified atom stereocenters. The molecule has 0 bridgehead atoms. The van der Waals surface area contributed by atoms with Crippen molar-refractivity contribution >= 4 is 0 Å². The average molecular weight is 180 g/mol. The highest BCUT2D eigenvalue weighted by atomic mass is 16.5. The molecule has 2 nitrogen and oxygen atoms in total. The first kappa shape index (κ1) is 10.2. The summed E-state index contributed by atoms with van der Waals surface area (Å²) in [4.78, 5) is 0. The van der Waals surface area contributed by atoms with Gasteiger partial charge in [0.1, 0.15) is 0 Å². The number of hydrogen-bond acceptors (Lipinski definition) is 2. The summed E-state index contributed by atoms with van der Waals surface area (Å²) in [6.07, 6.45) is 0. The van der Waals surface area contributed by atoms with Crippen molar-refractivity contribution in [3.63, 3.8) is 0 Å². The van der Waals surface area contributed by atoms with Gasteiger partial charge >= 0.3 is 0 Å². The molecule has 0 heterocycles. The molecular formula is C11H16O2. The van der Waals surface area contributed by atoms with Crippen LogP contribution in [0.4, 0.5) is 0 Å². The smallest absolute Gasteiger partial charge is 0.0716 e. The Morgan fingerprint density at radius 3 is 2.00 bits per heavy atom. The average Bonchev–Trinajstić information content (AvgIpc) is 2.17. The minimum atomic E-state index is 0.676. The van der Waals surface area contributed by atoms with E-state index in [1.165, 1.54) is 11.1 Å². The first-order valence-electron chi connectivity index (χ1n) is 4.51. The van der Waals surface area contributed by atoms with E-state index in [2.05, 4.69) is 24.3 Å². The van der Waals surface area contributed by atoms with Crippen LogP contribution in [-0.4, -0.2) is 13.7 Å². The third-order valence-corrected chi connectivity index (χ3v) is 1.81. The number of benzene rings is 1. The minimum Gasteiger partial charge on any atom is -0.380 e. The Bertz CT molecular complexity index is 228. The fourth-order valence-corrected chi connectivity index (χ4v) is 1.12. The molecule has 0 aliphatic carbocycles. The maximum atomic E-state index is 5.29. The predicted octanol–water partition coefficient (Wildman–Crippen LogP) is 2.37. The van der Waals surface area contributed by atoms with Crippen LogP contribution in [0.1, 0.15) is 18.1 Å². The van der Waals surface area contributed by atoms with Crippen LogP contribution in [-0.2, 0) is 22.7 Å². The van der Waals surface area contributed by atoms with E-state index in [0.29, 0.717) is 13.2 Å². The topological polar surface area (TPSA) is 18.5 Å². The predicted molar refractivity (Wildman–Crippen MR) is 52.5 cm³/mol. The molecule has 0 radical (unpaired) electrons. The van der Waals surface area contributed by atoms with Crippen LogP contribution >= 0.6 is 0 Å². The monoisotopic (exact) mass is 180 g/mol. The third kappa shape index (κ3) is 3.57. The van der Waals surface area contributed by atoms with Crippen LogP contribution in [0.2, 0.25) is 0 Å². The van der Waals surface area contributed by atoms with Gasteiger partial charge in [-0.1, -0.05) is 24.3 Å². The first-order valence-corrected chi connectivity index (χ1v) is 4.51. The molecule has 1 rings (SSSR count). The van der Waals surface area contributed by atoms with E-state index in [4.69, 9.17) is 9.47 Å². The minimum absolute atomic E-state index is 0.676. The van der Waals surface area contributed by atoms with Gasteiger partial charge in [0.2, 0.25) is 0 Å². The van der Waals surface area contributed by atoms with Crippen molar-refractivity contribution in [2.24, 2.45) is 0 Å². The zero-order chi connectivity index (χ0) is 9.52. The Balaban J connectivity index is 2.48. The lowest BCUT2D eigenvalue weighted by atomic mass is 10.1. The van der Waals surface area contributed by atoms with E-state index in [9.17, 15) is 0 Å². The van der Waals surface area contributed by atoms with E-state index in [0.717, 1.165) is 6.61 Å². The first-order chi connectivity index (χ1) is 6.36. The summed E-state index contributed by atoms with van der Waals surface area (Å²) in [5.74, 6) is 0. The number of rotatable bonds is 5. The maximum Gasteiger partial charge on any atom is 0.0716 e. The zero-order valence-electron chi connectivity index (χ0n) is 8.25. The van der Waals surface area contributed by atoms with Crippen LogP contribution < -0.4 is 0 Å². The highest BCUT2D eigenvalue weighted by Gasteiger charge is 1.93. The van der Waals surface area contributed by atoms with Crippen molar-refractivity contribution in [3.05, 3.63) is 35.4 Å². The van der Waals surface area contributed by atoms with Gasteiger partial charge in [0, 0.05) is 13.7 Å². The lowest BCUT2D eigenvalue weighted by molar-refractivity contribution is 0.134. The molecule has 0 aliphatic rings. The van der Waals surface area contributed by atoms with Gasteiger partial charge in [-0.3, -0.25) is 0 Å². The highest BCUT2D eigenvalue weighted by molar-refractivity contribution is 5.21. The standard InChI is InChI=1S/C11H16O2/c1-3-13-9-11-6-4-10(5-7-11)8-12-2/h4-7H,3,8-9H2,1-2H3. The Morgan fingerprint density at radius 2 is 1.54 bits per heavy atom. The van der Waals surface area contributed by atoms with Crippen LogP contribution in [0, 0.1) is 0 Å². The zero-order valence-corrected chi connectivity index (χ0v) is 8.25. The molecule has 1 aromatic rings.